The molecule has 0 saturated heterocycles. The summed E-state index contributed by atoms with van der Waals surface area (Å²) in [5.74, 6) is -6.21. The summed E-state index contributed by atoms with van der Waals surface area (Å²) in [5, 5.41) is 38.7. The van der Waals surface area contributed by atoms with Crippen LogP contribution in [0.4, 0.5) is 22.0 Å². The number of aromatic nitrogens is 4. The van der Waals surface area contributed by atoms with E-state index in [9.17, 15) is 37.0 Å². The standard InChI is InChI=1S/C27H28ClF2N5O3.C2HF3O2/c28-10-22(15-36)34-14-20(12-32-34)17-3-4-18-13-35(33-25(18)9-17)21-5-1-16(2-6-21)11-31-27(38)19-7-23(29)26(37)24(30)8-19;3-2(4,5)1(6)7/h3-4,7-9,12-14,16,21-22,36-37H,1-2,5-6,10-11,15H2,(H,31,38);(H,6,7). The van der Waals surface area contributed by atoms with Crippen LogP contribution in [0.15, 0.2) is 48.9 Å². The predicted molar refractivity (Wildman–Crippen MR) is 153 cm³/mol. The quantitative estimate of drug-likeness (QED) is 0.146. The van der Waals surface area contributed by atoms with Crippen LogP contribution >= 0.6 is 11.6 Å². The molecule has 10 nitrogen and oxygen atoms in total. The van der Waals surface area contributed by atoms with Crippen molar-refractivity contribution in [1.82, 2.24) is 24.9 Å². The van der Waals surface area contributed by atoms with Crippen LogP contribution < -0.4 is 5.32 Å². The Morgan fingerprint density at radius 2 is 1.69 bits per heavy atom. The number of carboxylic acid groups (broad SMARTS) is 1. The van der Waals surface area contributed by atoms with Crippen molar-refractivity contribution in [2.75, 3.05) is 19.0 Å². The van der Waals surface area contributed by atoms with Gasteiger partial charge in [0, 0.05) is 41.3 Å². The molecule has 0 aliphatic heterocycles. The molecule has 2 heterocycles. The number of phenols is 1. The first-order valence-corrected chi connectivity index (χ1v) is 14.3. The van der Waals surface area contributed by atoms with E-state index in [0.29, 0.717) is 6.54 Å². The highest BCUT2D eigenvalue weighted by atomic mass is 35.5. The molecule has 1 amide bonds. The number of aromatic hydroxyl groups is 1. The number of halogens is 6. The number of carbonyl (C=O) groups is 2. The van der Waals surface area contributed by atoms with Gasteiger partial charge in [0.15, 0.2) is 17.4 Å². The molecule has 16 heteroatoms. The minimum Gasteiger partial charge on any atom is -0.503 e. The smallest absolute Gasteiger partial charge is 0.490 e. The maximum atomic E-state index is 13.5. The largest absolute Gasteiger partial charge is 0.503 e. The van der Waals surface area contributed by atoms with Crippen LogP contribution in [0.25, 0.3) is 22.0 Å². The second kappa shape index (κ2) is 14.2. The number of phenolic OH excluding ortho intramolecular Hbond substituents is 1. The van der Waals surface area contributed by atoms with Crippen LogP contribution in [0.3, 0.4) is 0 Å². The Hall–Kier alpha value is -4.24. The van der Waals surface area contributed by atoms with E-state index in [0.717, 1.165) is 59.8 Å². The molecular weight excluding hydrogens is 629 g/mol. The van der Waals surface area contributed by atoms with E-state index in [-0.39, 0.29) is 36.1 Å². The molecule has 45 heavy (non-hydrogen) atoms. The Labute approximate surface area is 258 Å². The third-order valence-corrected chi connectivity index (χ3v) is 7.84. The Morgan fingerprint density at radius 3 is 2.27 bits per heavy atom. The molecule has 0 bridgehead atoms. The topological polar surface area (TPSA) is 142 Å². The number of aliphatic carboxylic acids is 1. The number of amides is 1. The maximum absolute atomic E-state index is 13.5. The summed E-state index contributed by atoms with van der Waals surface area (Å²) in [6.07, 6.45) is 4.17. The Balaban J connectivity index is 0.000000591. The number of aliphatic hydroxyl groups is 1. The molecule has 4 aromatic rings. The van der Waals surface area contributed by atoms with Crippen molar-refractivity contribution in [1.29, 1.82) is 0 Å². The minimum atomic E-state index is -5.08. The fraction of sp³-hybridized carbons (Fsp3) is 0.379. The first-order valence-electron chi connectivity index (χ1n) is 13.8. The number of carboxylic acids is 1. The number of rotatable bonds is 8. The summed E-state index contributed by atoms with van der Waals surface area (Å²) in [5.41, 5.74) is 2.63. The lowest BCUT2D eigenvalue weighted by Gasteiger charge is -2.28. The number of hydrogen-bond donors (Lipinski definition) is 4. The minimum absolute atomic E-state index is 0.0823. The highest BCUT2D eigenvalue weighted by molar-refractivity contribution is 6.18. The van der Waals surface area contributed by atoms with Crippen LogP contribution in [0.1, 0.15) is 48.1 Å². The average Bonchev–Trinajstić information content (AvgIpc) is 3.67. The van der Waals surface area contributed by atoms with Crippen molar-refractivity contribution in [3.05, 3.63) is 66.1 Å². The maximum Gasteiger partial charge on any atom is 0.490 e. The van der Waals surface area contributed by atoms with E-state index in [2.05, 4.69) is 16.6 Å². The molecule has 1 atom stereocenters. The summed E-state index contributed by atoms with van der Waals surface area (Å²) in [6.45, 7) is 0.329. The summed E-state index contributed by atoms with van der Waals surface area (Å²) in [6, 6.07) is 7.72. The third-order valence-electron chi connectivity index (χ3n) is 7.49. The zero-order valence-corrected chi connectivity index (χ0v) is 24.3. The van der Waals surface area contributed by atoms with Gasteiger partial charge in [-0.25, -0.2) is 13.6 Å². The zero-order valence-electron chi connectivity index (χ0n) is 23.5. The van der Waals surface area contributed by atoms with Gasteiger partial charge in [-0.1, -0.05) is 12.1 Å². The van der Waals surface area contributed by atoms with Crippen molar-refractivity contribution >= 4 is 34.4 Å². The van der Waals surface area contributed by atoms with Gasteiger partial charge < -0.3 is 20.6 Å². The predicted octanol–water partition coefficient (Wildman–Crippen LogP) is 5.45. The zero-order chi connectivity index (χ0) is 32.9. The monoisotopic (exact) mass is 657 g/mol. The van der Waals surface area contributed by atoms with E-state index in [1.54, 1.807) is 10.9 Å². The second-order valence-corrected chi connectivity index (χ2v) is 10.9. The van der Waals surface area contributed by atoms with E-state index in [1.807, 2.05) is 29.1 Å². The van der Waals surface area contributed by atoms with Gasteiger partial charge in [0.1, 0.15) is 0 Å². The number of nitrogens with one attached hydrogen (secondary N) is 1. The highest BCUT2D eigenvalue weighted by Gasteiger charge is 2.38. The first kappa shape index (κ1) is 33.6. The van der Waals surface area contributed by atoms with Crippen LogP contribution in [0, 0.1) is 17.6 Å². The van der Waals surface area contributed by atoms with Gasteiger partial charge in [-0.2, -0.15) is 23.4 Å². The van der Waals surface area contributed by atoms with Gasteiger partial charge in [-0.15, -0.1) is 11.6 Å². The van der Waals surface area contributed by atoms with Gasteiger partial charge in [0.05, 0.1) is 30.4 Å². The van der Waals surface area contributed by atoms with Gasteiger partial charge in [-0.3, -0.25) is 14.2 Å². The SMILES string of the molecule is O=C(NCC1CCC(n2cc3ccc(-c4cnn(C(CO)CCl)c4)cc3n2)CC1)c1cc(F)c(O)c(F)c1.O=C(O)C(F)(F)F. The third kappa shape index (κ3) is 8.28. The molecule has 1 aliphatic rings. The summed E-state index contributed by atoms with van der Waals surface area (Å²) >= 11 is 5.91. The van der Waals surface area contributed by atoms with Crippen LogP contribution in [-0.2, 0) is 4.79 Å². The van der Waals surface area contributed by atoms with Crippen molar-refractivity contribution in [3.8, 4) is 16.9 Å². The number of benzene rings is 2. The number of alkyl halides is 4. The second-order valence-electron chi connectivity index (χ2n) is 10.6. The summed E-state index contributed by atoms with van der Waals surface area (Å²) in [4.78, 5) is 21.2. The number of carbonyl (C=O) groups excluding carboxylic acids is 1. The molecule has 1 aliphatic carbocycles. The average molecular weight is 658 g/mol. The lowest BCUT2D eigenvalue weighted by molar-refractivity contribution is -0.192. The first-order chi connectivity index (χ1) is 21.3. The lowest BCUT2D eigenvalue weighted by Crippen LogP contribution is -2.31. The number of hydrogen-bond acceptors (Lipinski definition) is 6. The van der Waals surface area contributed by atoms with Crippen molar-refractivity contribution in [2.45, 2.75) is 43.9 Å². The molecule has 5 rings (SSSR count). The molecule has 4 N–H and O–H groups in total. The van der Waals surface area contributed by atoms with Crippen LogP contribution in [0.2, 0.25) is 0 Å². The van der Waals surface area contributed by atoms with E-state index >= 15 is 0 Å². The van der Waals surface area contributed by atoms with Gasteiger partial charge in [0.2, 0.25) is 0 Å². The fourth-order valence-electron chi connectivity index (χ4n) is 4.94. The van der Waals surface area contributed by atoms with E-state index < -0.39 is 35.4 Å². The van der Waals surface area contributed by atoms with Crippen molar-refractivity contribution in [2.24, 2.45) is 5.92 Å². The Kier molecular flexibility index (Phi) is 10.7. The van der Waals surface area contributed by atoms with Gasteiger partial charge in [0.25, 0.3) is 5.91 Å². The lowest BCUT2D eigenvalue weighted by atomic mass is 9.86. The van der Waals surface area contributed by atoms with Gasteiger partial charge in [-0.05, 0) is 55.4 Å². The van der Waals surface area contributed by atoms with E-state index in [1.165, 1.54) is 0 Å². The fourth-order valence-corrected chi connectivity index (χ4v) is 5.18. The number of aliphatic hydroxyl groups excluding tert-OH is 1. The van der Waals surface area contributed by atoms with Crippen molar-refractivity contribution < 1.29 is 46.9 Å². The molecule has 2 aromatic carbocycles. The molecular formula is C29H29ClF5N5O5. The molecule has 0 radical (unpaired) electrons. The van der Waals surface area contributed by atoms with Crippen LogP contribution in [0.5, 0.6) is 5.75 Å². The molecule has 1 unspecified atom stereocenters. The highest BCUT2D eigenvalue weighted by Crippen LogP contribution is 2.33. The Morgan fingerprint density at radius 1 is 1.04 bits per heavy atom. The number of fused-ring (bicyclic) bond motifs is 1. The van der Waals surface area contributed by atoms with E-state index in [4.69, 9.17) is 26.6 Å². The molecule has 2 aromatic heterocycles. The molecule has 1 saturated carbocycles. The molecule has 1 fully saturated rings. The normalized spacial score (nSPS) is 17.4. The molecule has 242 valence electrons. The van der Waals surface area contributed by atoms with Crippen LogP contribution in [-0.4, -0.2) is 72.0 Å². The summed E-state index contributed by atoms with van der Waals surface area (Å²) in [7, 11) is 0. The van der Waals surface area contributed by atoms with Crippen molar-refractivity contribution in [3.63, 3.8) is 0 Å². The summed E-state index contributed by atoms with van der Waals surface area (Å²) < 4.78 is 62.5. The van der Waals surface area contributed by atoms with Gasteiger partial charge >= 0.3 is 12.1 Å². The molecule has 0 spiro atoms. The Bertz CT molecular complexity index is 1620. The number of nitrogens with zero attached hydrogens (tertiary/aromatic N) is 4.